The molecule has 156 valence electrons. The van der Waals surface area contributed by atoms with Crippen LogP contribution in [0.15, 0.2) is 60.6 Å². The molecule has 4 aromatic heterocycles. The van der Waals surface area contributed by atoms with Crippen LogP contribution in [0.1, 0.15) is 28.0 Å². The summed E-state index contributed by atoms with van der Waals surface area (Å²) in [5.74, 6) is -4.60. The maximum atomic E-state index is 14.2. The second-order valence-electron chi connectivity index (χ2n) is 7.23. The zero-order chi connectivity index (χ0) is 23.9. The lowest BCUT2D eigenvalue weighted by atomic mass is 9.84. The van der Waals surface area contributed by atoms with Gasteiger partial charge >= 0.3 is 0 Å². The number of halogens is 4. The maximum absolute atomic E-state index is 14.2. The average Bonchev–Trinajstić information content (AvgIpc) is 2.79. The number of pyridine rings is 4. The lowest BCUT2D eigenvalue weighted by Crippen LogP contribution is -2.22. The Morgan fingerprint density at radius 3 is 1.48 bits per heavy atom. The van der Waals surface area contributed by atoms with E-state index in [2.05, 4.69) is 19.9 Å². The van der Waals surface area contributed by atoms with Gasteiger partial charge in [-0.3, -0.25) is 9.97 Å². The van der Waals surface area contributed by atoms with E-state index in [-0.39, 0.29) is 22.5 Å². The molecule has 0 fully saturated rings. The predicted molar refractivity (Wildman–Crippen MR) is 107 cm³/mol. The summed E-state index contributed by atoms with van der Waals surface area (Å²) < 4.78 is 70.4. The summed E-state index contributed by atoms with van der Waals surface area (Å²) >= 11 is 0. The molecule has 0 aliphatic carbocycles. The zero-order valence-electron chi connectivity index (χ0n) is 18.4. The standard InChI is InChI=1S/C23H16F4N4/c1-23(2,17-7-3-5-15(28-17)13-9-11-19(24)30-21(13)26)18-8-4-6-16(29-18)14-10-12-20(25)31-22(14)27/h3-12H,1-2H3/i11D,12D. The third-order valence-corrected chi connectivity index (χ3v) is 4.84. The molecule has 31 heavy (non-hydrogen) atoms. The topological polar surface area (TPSA) is 51.6 Å². The Balaban J connectivity index is 1.77. The number of hydrogen-bond donors (Lipinski definition) is 0. The molecule has 0 aliphatic heterocycles. The van der Waals surface area contributed by atoms with Gasteiger partial charge in [0.15, 0.2) is 0 Å². The average molecular weight is 426 g/mol. The summed E-state index contributed by atoms with van der Waals surface area (Å²) in [6, 6.07) is 10.6. The fourth-order valence-electron chi connectivity index (χ4n) is 3.10. The Bertz CT molecular complexity index is 1280. The van der Waals surface area contributed by atoms with Crippen molar-refractivity contribution in [2.45, 2.75) is 19.3 Å². The molecule has 0 aromatic carbocycles. The van der Waals surface area contributed by atoms with Crippen molar-refractivity contribution in [1.82, 2.24) is 19.9 Å². The Kier molecular flexibility index (Phi) is 4.60. The van der Waals surface area contributed by atoms with Gasteiger partial charge in [0, 0.05) is 5.41 Å². The Hall–Kier alpha value is -3.68. The lowest BCUT2D eigenvalue weighted by Gasteiger charge is -2.24. The molecule has 0 aliphatic rings. The number of nitrogens with zero attached hydrogens (tertiary/aromatic N) is 4. The molecular weight excluding hydrogens is 408 g/mol. The van der Waals surface area contributed by atoms with Crippen LogP contribution >= 0.6 is 0 Å². The number of rotatable bonds is 4. The Morgan fingerprint density at radius 2 is 1.06 bits per heavy atom. The van der Waals surface area contributed by atoms with Crippen LogP contribution < -0.4 is 0 Å². The van der Waals surface area contributed by atoms with Crippen molar-refractivity contribution < 1.29 is 20.3 Å². The SMILES string of the molecule is [2H]c1cc(-c2cccc(C(C)(C)c3cccc(-c4cc([2H])c(F)nc4F)n3)n2)c(F)nc1F. The molecule has 0 bridgehead atoms. The molecule has 4 heterocycles. The zero-order valence-corrected chi connectivity index (χ0v) is 16.4. The van der Waals surface area contributed by atoms with Crippen LogP contribution in [0.25, 0.3) is 22.5 Å². The highest BCUT2D eigenvalue weighted by atomic mass is 19.1. The molecule has 0 atom stereocenters. The molecule has 0 saturated heterocycles. The fourth-order valence-corrected chi connectivity index (χ4v) is 3.10. The van der Waals surface area contributed by atoms with E-state index in [0.29, 0.717) is 11.4 Å². The van der Waals surface area contributed by atoms with Crippen LogP contribution in [0.2, 0.25) is 0 Å². The van der Waals surface area contributed by atoms with Crippen molar-refractivity contribution in [2.75, 3.05) is 0 Å². The molecule has 0 saturated carbocycles. The maximum Gasteiger partial charge on any atom is 0.224 e. The summed E-state index contributed by atoms with van der Waals surface area (Å²) in [4.78, 5) is 15.2. The Morgan fingerprint density at radius 1 is 0.645 bits per heavy atom. The van der Waals surface area contributed by atoms with Gasteiger partial charge in [-0.15, -0.1) is 0 Å². The van der Waals surface area contributed by atoms with E-state index in [0.717, 1.165) is 12.1 Å². The van der Waals surface area contributed by atoms with Gasteiger partial charge in [-0.25, -0.2) is 0 Å². The monoisotopic (exact) mass is 426 g/mol. The molecule has 4 aromatic rings. The van der Waals surface area contributed by atoms with Gasteiger partial charge in [-0.05, 0) is 62.3 Å². The lowest BCUT2D eigenvalue weighted by molar-refractivity contribution is 0.514. The summed E-state index contributed by atoms with van der Waals surface area (Å²) in [7, 11) is 0. The first-order valence-electron chi connectivity index (χ1n) is 10.2. The van der Waals surface area contributed by atoms with Crippen molar-refractivity contribution in [1.29, 1.82) is 0 Å². The van der Waals surface area contributed by atoms with Crippen LogP contribution in [0.3, 0.4) is 0 Å². The van der Waals surface area contributed by atoms with Crippen LogP contribution in [0.5, 0.6) is 0 Å². The summed E-state index contributed by atoms with van der Waals surface area (Å²) in [5.41, 5.74) is 0.155. The number of aromatic nitrogens is 4. The highest BCUT2D eigenvalue weighted by Gasteiger charge is 2.27. The van der Waals surface area contributed by atoms with E-state index in [9.17, 15) is 17.6 Å². The largest absolute Gasteiger partial charge is 0.252 e. The minimum Gasteiger partial charge on any atom is -0.252 e. The highest BCUT2D eigenvalue weighted by molar-refractivity contribution is 5.60. The molecule has 8 heteroatoms. The first kappa shape index (κ1) is 18.1. The predicted octanol–water partition coefficient (Wildman–Crippen LogP) is 5.48. The van der Waals surface area contributed by atoms with E-state index in [4.69, 9.17) is 2.74 Å². The minimum absolute atomic E-state index is 0.122. The molecule has 0 N–H and O–H groups in total. The van der Waals surface area contributed by atoms with Crippen LogP contribution in [0, 0.1) is 23.8 Å². The van der Waals surface area contributed by atoms with Crippen molar-refractivity contribution in [3.8, 4) is 22.5 Å². The molecule has 0 spiro atoms. The van der Waals surface area contributed by atoms with Crippen LogP contribution in [-0.2, 0) is 5.41 Å². The molecule has 0 radical (unpaired) electrons. The van der Waals surface area contributed by atoms with E-state index in [1.807, 2.05) is 0 Å². The third-order valence-electron chi connectivity index (χ3n) is 4.84. The van der Waals surface area contributed by atoms with E-state index >= 15 is 0 Å². The third kappa shape index (κ3) is 4.01. The van der Waals surface area contributed by atoms with E-state index in [1.165, 1.54) is 12.1 Å². The van der Waals surface area contributed by atoms with Crippen molar-refractivity contribution in [3.63, 3.8) is 0 Å². The van der Waals surface area contributed by atoms with Crippen molar-refractivity contribution in [3.05, 3.63) is 95.8 Å². The molecule has 0 unspecified atom stereocenters. The molecule has 4 rings (SSSR count). The van der Waals surface area contributed by atoms with Crippen LogP contribution in [0.4, 0.5) is 17.6 Å². The minimum atomic E-state index is -1.22. The van der Waals surface area contributed by atoms with Gasteiger partial charge in [-0.2, -0.15) is 27.5 Å². The van der Waals surface area contributed by atoms with Crippen molar-refractivity contribution >= 4 is 0 Å². The summed E-state index contributed by atoms with van der Waals surface area (Å²) in [6.45, 7) is 3.60. The van der Waals surface area contributed by atoms with Gasteiger partial charge in [-0.1, -0.05) is 12.1 Å². The first-order valence-corrected chi connectivity index (χ1v) is 9.19. The van der Waals surface area contributed by atoms with Gasteiger partial charge in [0.2, 0.25) is 23.8 Å². The second kappa shape index (κ2) is 7.86. The van der Waals surface area contributed by atoms with Crippen molar-refractivity contribution in [2.24, 2.45) is 0 Å². The van der Waals surface area contributed by atoms with Gasteiger partial charge in [0.25, 0.3) is 0 Å². The van der Waals surface area contributed by atoms with Gasteiger partial charge < -0.3 is 0 Å². The molecule has 0 amide bonds. The normalized spacial score (nSPS) is 12.5. The molecular formula is C23H16F4N4. The van der Waals surface area contributed by atoms with Gasteiger partial charge in [0.05, 0.1) is 36.6 Å². The Labute approximate surface area is 178 Å². The number of hydrogen-bond acceptors (Lipinski definition) is 4. The summed E-state index contributed by atoms with van der Waals surface area (Å²) in [6.07, 6.45) is 0. The second-order valence-corrected chi connectivity index (χ2v) is 7.23. The smallest absolute Gasteiger partial charge is 0.224 e. The molecule has 4 nitrogen and oxygen atoms in total. The fraction of sp³-hybridized carbons (Fsp3) is 0.130. The van der Waals surface area contributed by atoms with Gasteiger partial charge in [0.1, 0.15) is 0 Å². The van der Waals surface area contributed by atoms with Crippen LogP contribution in [-0.4, -0.2) is 19.9 Å². The first-order chi connectivity index (χ1) is 15.6. The van der Waals surface area contributed by atoms with E-state index in [1.54, 1.807) is 38.1 Å². The van der Waals surface area contributed by atoms with E-state index < -0.39 is 41.3 Å². The highest BCUT2D eigenvalue weighted by Crippen LogP contribution is 2.32. The quantitative estimate of drug-likeness (QED) is 0.320. The summed E-state index contributed by atoms with van der Waals surface area (Å²) in [5, 5.41) is 0.